The molecule has 0 aromatic rings. The van der Waals surface area contributed by atoms with Crippen molar-refractivity contribution < 1.29 is 23.9 Å². The van der Waals surface area contributed by atoms with Crippen molar-refractivity contribution in [1.82, 2.24) is 5.32 Å². The standard InChI is InChI=1S/C14H24N4O3.C5H11NO2/c1-3-11(12(19)21-2)17-13(20)14(9-10-16-18-15)7-5-4-6-8-14;1-3-4(6)5(7)8-2/h11H,3-10H2,1-2H3,(H,17,20);4H,3,6H2,1-2H3/t11-;/m0./s1. The Kier molecular flexibility index (Phi) is 13.5. The summed E-state index contributed by atoms with van der Waals surface area (Å²) in [4.78, 5) is 37.4. The summed E-state index contributed by atoms with van der Waals surface area (Å²) < 4.78 is 9.04. The van der Waals surface area contributed by atoms with E-state index in [2.05, 4.69) is 20.1 Å². The number of amides is 1. The van der Waals surface area contributed by atoms with Gasteiger partial charge in [0.1, 0.15) is 12.1 Å². The van der Waals surface area contributed by atoms with E-state index < -0.39 is 23.5 Å². The molecule has 3 N–H and O–H groups in total. The Morgan fingerprint density at radius 3 is 2.10 bits per heavy atom. The van der Waals surface area contributed by atoms with Gasteiger partial charge >= 0.3 is 11.9 Å². The summed E-state index contributed by atoms with van der Waals surface area (Å²) >= 11 is 0. The number of rotatable bonds is 9. The van der Waals surface area contributed by atoms with Crippen LogP contribution in [0.3, 0.4) is 0 Å². The van der Waals surface area contributed by atoms with Gasteiger partial charge in [0.05, 0.1) is 14.2 Å². The fraction of sp³-hybridized carbons (Fsp3) is 0.842. The van der Waals surface area contributed by atoms with Crippen LogP contribution in [-0.4, -0.2) is 50.7 Å². The number of carbonyl (C=O) groups is 3. The summed E-state index contributed by atoms with van der Waals surface area (Å²) in [5, 5.41) is 6.36. The number of carbonyl (C=O) groups excluding carboxylic acids is 3. The molecule has 0 aliphatic heterocycles. The zero-order valence-electron chi connectivity index (χ0n) is 18.0. The molecule has 10 heteroatoms. The molecule has 166 valence electrons. The lowest BCUT2D eigenvalue weighted by Gasteiger charge is -2.36. The van der Waals surface area contributed by atoms with Crippen LogP contribution in [0, 0.1) is 5.41 Å². The third kappa shape index (κ3) is 9.15. The maximum Gasteiger partial charge on any atom is 0.328 e. The van der Waals surface area contributed by atoms with Crippen molar-refractivity contribution in [3.05, 3.63) is 10.4 Å². The highest BCUT2D eigenvalue weighted by Crippen LogP contribution is 2.39. The van der Waals surface area contributed by atoms with E-state index in [-0.39, 0.29) is 11.9 Å². The zero-order chi connectivity index (χ0) is 22.3. The van der Waals surface area contributed by atoms with Gasteiger partial charge in [0.25, 0.3) is 0 Å². The summed E-state index contributed by atoms with van der Waals surface area (Å²) in [7, 11) is 2.65. The van der Waals surface area contributed by atoms with E-state index in [4.69, 9.17) is 16.0 Å². The molecule has 0 saturated heterocycles. The average Bonchev–Trinajstić information content (AvgIpc) is 2.76. The average molecular weight is 414 g/mol. The molecule has 10 nitrogen and oxygen atoms in total. The highest BCUT2D eigenvalue weighted by molar-refractivity contribution is 5.88. The van der Waals surface area contributed by atoms with E-state index in [9.17, 15) is 14.4 Å². The highest BCUT2D eigenvalue weighted by atomic mass is 16.5. The molecule has 1 saturated carbocycles. The van der Waals surface area contributed by atoms with Gasteiger partial charge < -0.3 is 20.5 Å². The van der Waals surface area contributed by atoms with Gasteiger partial charge in [0.15, 0.2) is 0 Å². The van der Waals surface area contributed by atoms with Crippen LogP contribution in [0.4, 0.5) is 0 Å². The lowest BCUT2D eigenvalue weighted by atomic mass is 9.71. The molecular formula is C19H35N5O5. The van der Waals surface area contributed by atoms with E-state index in [1.54, 1.807) is 0 Å². The van der Waals surface area contributed by atoms with Gasteiger partial charge in [-0.1, -0.05) is 38.2 Å². The Hall–Kier alpha value is -2.32. The van der Waals surface area contributed by atoms with Crippen LogP contribution >= 0.6 is 0 Å². The molecule has 1 fully saturated rings. The number of azide groups is 1. The molecule has 1 rings (SSSR count). The summed E-state index contributed by atoms with van der Waals surface area (Å²) in [6.07, 6.45) is 6.29. The minimum Gasteiger partial charge on any atom is -0.468 e. The van der Waals surface area contributed by atoms with Crippen molar-refractivity contribution in [3.63, 3.8) is 0 Å². The van der Waals surface area contributed by atoms with Crippen molar-refractivity contribution in [2.24, 2.45) is 16.3 Å². The molecule has 0 spiro atoms. The topological polar surface area (TPSA) is 156 Å². The van der Waals surface area contributed by atoms with E-state index in [0.717, 1.165) is 32.1 Å². The van der Waals surface area contributed by atoms with Crippen LogP contribution in [0.1, 0.15) is 65.2 Å². The molecule has 0 bridgehead atoms. The van der Waals surface area contributed by atoms with Crippen LogP contribution in [0.15, 0.2) is 5.11 Å². The first kappa shape index (κ1) is 26.7. The first-order valence-corrected chi connectivity index (χ1v) is 10.0. The number of nitrogens with two attached hydrogens (primary N) is 1. The van der Waals surface area contributed by atoms with Crippen molar-refractivity contribution in [2.45, 2.75) is 77.3 Å². The maximum absolute atomic E-state index is 12.7. The smallest absolute Gasteiger partial charge is 0.328 e. The lowest BCUT2D eigenvalue weighted by Crippen LogP contribution is -2.49. The second-order valence-electron chi connectivity index (χ2n) is 7.04. The summed E-state index contributed by atoms with van der Waals surface area (Å²) in [5.41, 5.74) is 13.1. The highest BCUT2D eigenvalue weighted by Gasteiger charge is 2.40. The van der Waals surface area contributed by atoms with Gasteiger partial charge in [-0.2, -0.15) is 0 Å². The Balaban J connectivity index is 0.000000828. The van der Waals surface area contributed by atoms with Gasteiger partial charge in [-0.3, -0.25) is 9.59 Å². The van der Waals surface area contributed by atoms with E-state index in [0.29, 0.717) is 25.8 Å². The predicted molar refractivity (Wildman–Crippen MR) is 109 cm³/mol. The molecule has 1 unspecified atom stereocenters. The Morgan fingerprint density at radius 1 is 1.10 bits per heavy atom. The van der Waals surface area contributed by atoms with Crippen molar-refractivity contribution in [2.75, 3.05) is 20.8 Å². The fourth-order valence-corrected chi connectivity index (χ4v) is 3.23. The third-order valence-corrected chi connectivity index (χ3v) is 5.19. The largest absolute Gasteiger partial charge is 0.468 e. The number of ether oxygens (including phenoxy) is 2. The van der Waals surface area contributed by atoms with Crippen LogP contribution in [0.2, 0.25) is 0 Å². The molecule has 1 aliphatic rings. The number of esters is 2. The minimum absolute atomic E-state index is 0.118. The Bertz CT molecular complexity index is 571. The second-order valence-corrected chi connectivity index (χ2v) is 7.04. The molecule has 0 aromatic heterocycles. The first-order valence-electron chi connectivity index (χ1n) is 10.0. The SMILES string of the molecule is CCC(N)C(=O)OC.CC[C@H](NC(=O)C1(CCN=[N+]=[N-])CCCCC1)C(=O)OC. The molecule has 1 amide bonds. The molecule has 29 heavy (non-hydrogen) atoms. The van der Waals surface area contributed by atoms with E-state index in [1.165, 1.54) is 14.2 Å². The molecule has 0 aromatic carbocycles. The minimum atomic E-state index is -0.610. The molecule has 0 heterocycles. The normalized spacial score (nSPS) is 16.7. The molecule has 2 atom stereocenters. The Labute approximate surface area is 172 Å². The van der Waals surface area contributed by atoms with Crippen molar-refractivity contribution in [3.8, 4) is 0 Å². The van der Waals surface area contributed by atoms with Gasteiger partial charge in [0.2, 0.25) is 5.91 Å². The number of hydrogen-bond acceptors (Lipinski definition) is 7. The monoisotopic (exact) mass is 413 g/mol. The molecule has 1 aliphatic carbocycles. The van der Waals surface area contributed by atoms with Crippen molar-refractivity contribution in [1.29, 1.82) is 0 Å². The van der Waals surface area contributed by atoms with Crippen LogP contribution in [-0.2, 0) is 23.9 Å². The second kappa shape index (κ2) is 14.6. The van der Waals surface area contributed by atoms with Gasteiger partial charge in [0, 0.05) is 16.9 Å². The Morgan fingerprint density at radius 2 is 1.69 bits per heavy atom. The number of methoxy groups -OCH3 is 2. The summed E-state index contributed by atoms with van der Waals surface area (Å²) in [5.74, 6) is -0.882. The first-order chi connectivity index (χ1) is 13.8. The quantitative estimate of drug-likeness (QED) is 0.256. The van der Waals surface area contributed by atoms with Gasteiger partial charge in [-0.15, -0.1) is 0 Å². The molecular weight excluding hydrogens is 378 g/mol. The third-order valence-electron chi connectivity index (χ3n) is 5.19. The summed E-state index contributed by atoms with van der Waals surface area (Å²) in [6, 6.07) is -1.05. The van der Waals surface area contributed by atoms with E-state index in [1.807, 2.05) is 13.8 Å². The number of hydrogen-bond donors (Lipinski definition) is 2. The van der Waals surface area contributed by atoms with Gasteiger partial charge in [-0.05, 0) is 37.6 Å². The molecule has 0 radical (unpaired) electrons. The predicted octanol–water partition coefficient (Wildman–Crippen LogP) is 2.60. The van der Waals surface area contributed by atoms with E-state index >= 15 is 0 Å². The fourth-order valence-electron chi connectivity index (χ4n) is 3.23. The van der Waals surface area contributed by atoms with Crippen molar-refractivity contribution >= 4 is 17.8 Å². The zero-order valence-corrected chi connectivity index (χ0v) is 18.0. The van der Waals surface area contributed by atoms with Crippen LogP contribution < -0.4 is 11.1 Å². The summed E-state index contributed by atoms with van der Waals surface area (Å²) in [6.45, 7) is 3.97. The van der Waals surface area contributed by atoms with Crippen LogP contribution in [0.5, 0.6) is 0 Å². The number of nitrogens with zero attached hydrogens (tertiary/aromatic N) is 3. The van der Waals surface area contributed by atoms with Gasteiger partial charge in [-0.25, -0.2) is 4.79 Å². The lowest BCUT2D eigenvalue weighted by molar-refractivity contribution is -0.147. The number of nitrogens with one attached hydrogen (secondary N) is 1. The maximum atomic E-state index is 12.7. The van der Waals surface area contributed by atoms with Crippen LogP contribution in [0.25, 0.3) is 10.4 Å².